The molecule has 8 heteroatoms. The molecule has 0 bridgehead atoms. The number of para-hydroxylation sites is 3. The summed E-state index contributed by atoms with van der Waals surface area (Å²) in [5, 5.41) is 12.8. The summed E-state index contributed by atoms with van der Waals surface area (Å²) in [6, 6.07) is 15.4. The fraction of sp³-hybridized carbons (Fsp3) is 0.273. The Bertz CT molecular complexity index is 1210. The fourth-order valence-electron chi connectivity index (χ4n) is 3.47. The molecule has 1 unspecified atom stereocenters. The number of carbonyl (C=O) groups excluding carboxylic acids is 1. The molecule has 0 aliphatic heterocycles. The van der Waals surface area contributed by atoms with Crippen LogP contribution >= 0.6 is 11.8 Å². The van der Waals surface area contributed by atoms with E-state index >= 15 is 0 Å². The molecule has 0 saturated carbocycles. The van der Waals surface area contributed by atoms with Crippen molar-refractivity contribution in [1.82, 2.24) is 19.7 Å². The van der Waals surface area contributed by atoms with Crippen molar-refractivity contribution in [3.8, 4) is 5.75 Å². The maximum Gasteiger partial charge on any atom is 0.238 e. The number of methoxy groups -OCH3 is 1. The number of rotatable bonds is 7. The maximum atomic E-state index is 12.9. The second-order valence-corrected chi connectivity index (χ2v) is 7.90. The van der Waals surface area contributed by atoms with E-state index in [4.69, 9.17) is 9.72 Å². The predicted molar refractivity (Wildman–Crippen MR) is 120 cm³/mol. The molecule has 154 valence electrons. The van der Waals surface area contributed by atoms with E-state index in [-0.39, 0.29) is 11.2 Å². The minimum Gasteiger partial charge on any atom is -0.495 e. The van der Waals surface area contributed by atoms with Crippen molar-refractivity contribution >= 4 is 45.4 Å². The number of thioether (sulfide) groups is 1. The quantitative estimate of drug-likeness (QED) is 0.442. The van der Waals surface area contributed by atoms with E-state index in [0.29, 0.717) is 23.0 Å². The van der Waals surface area contributed by atoms with Crippen LogP contribution in [0, 0.1) is 0 Å². The van der Waals surface area contributed by atoms with Gasteiger partial charge in [0.2, 0.25) is 11.1 Å². The van der Waals surface area contributed by atoms with Crippen molar-refractivity contribution in [1.29, 1.82) is 0 Å². The highest BCUT2D eigenvalue weighted by atomic mass is 32.2. The van der Waals surface area contributed by atoms with Crippen LogP contribution in [-0.2, 0) is 11.3 Å². The molecule has 0 radical (unpaired) electrons. The first-order valence-electron chi connectivity index (χ1n) is 9.88. The van der Waals surface area contributed by atoms with Crippen molar-refractivity contribution < 1.29 is 9.53 Å². The highest BCUT2D eigenvalue weighted by Gasteiger charge is 2.22. The minimum absolute atomic E-state index is 0.119. The number of aromatic nitrogens is 4. The van der Waals surface area contributed by atoms with E-state index in [1.54, 1.807) is 7.11 Å². The monoisotopic (exact) mass is 421 g/mol. The molecule has 0 spiro atoms. The van der Waals surface area contributed by atoms with E-state index in [9.17, 15) is 4.79 Å². The number of carbonyl (C=O) groups is 1. The molecule has 0 fully saturated rings. The number of nitrogens with one attached hydrogen (secondary N) is 1. The lowest BCUT2D eigenvalue weighted by atomic mass is 10.2. The topological polar surface area (TPSA) is 81.9 Å². The number of ether oxygens (including phenoxy) is 1. The average molecular weight is 422 g/mol. The standard InChI is InChI=1S/C22H23N5O2S/c1-4-18(21(28)23-15-11-7-9-13-17(15)29-3)30-22-24-20-19(25-26-22)14-10-6-8-12-16(14)27(20)5-2/h6-13,18H,4-5H2,1-3H3,(H,23,28). The minimum atomic E-state index is -0.353. The second-order valence-electron chi connectivity index (χ2n) is 6.73. The molecule has 4 aromatic rings. The Morgan fingerprint density at radius 2 is 1.90 bits per heavy atom. The van der Waals surface area contributed by atoms with E-state index < -0.39 is 0 Å². The third-order valence-corrected chi connectivity index (χ3v) is 6.16. The van der Waals surface area contributed by atoms with Crippen LogP contribution in [0.15, 0.2) is 53.7 Å². The normalized spacial score (nSPS) is 12.2. The molecule has 1 N–H and O–H groups in total. The molecule has 7 nitrogen and oxygen atoms in total. The molecular formula is C22H23N5O2S. The summed E-state index contributed by atoms with van der Waals surface area (Å²) in [5.74, 6) is 0.504. The Balaban J connectivity index is 1.61. The van der Waals surface area contributed by atoms with Crippen molar-refractivity contribution in [2.45, 2.75) is 37.2 Å². The van der Waals surface area contributed by atoms with E-state index in [0.717, 1.165) is 28.6 Å². The number of hydrogen-bond donors (Lipinski definition) is 1. The highest BCUT2D eigenvalue weighted by Crippen LogP contribution is 2.30. The Kier molecular flexibility index (Phi) is 5.85. The molecule has 0 aliphatic carbocycles. The zero-order valence-electron chi connectivity index (χ0n) is 17.1. The smallest absolute Gasteiger partial charge is 0.238 e. The zero-order chi connectivity index (χ0) is 21.1. The van der Waals surface area contributed by atoms with Crippen LogP contribution in [0.25, 0.3) is 22.1 Å². The Morgan fingerprint density at radius 3 is 2.67 bits per heavy atom. The second kappa shape index (κ2) is 8.71. The Morgan fingerprint density at radius 1 is 1.13 bits per heavy atom. The number of hydrogen-bond acceptors (Lipinski definition) is 6. The molecular weight excluding hydrogens is 398 g/mol. The van der Waals surface area contributed by atoms with Crippen molar-refractivity contribution in [3.05, 3.63) is 48.5 Å². The fourth-order valence-corrected chi connectivity index (χ4v) is 4.28. The maximum absolute atomic E-state index is 12.9. The van der Waals surface area contributed by atoms with Crippen LogP contribution in [0.3, 0.4) is 0 Å². The van der Waals surface area contributed by atoms with Crippen molar-refractivity contribution in [2.24, 2.45) is 0 Å². The Hall–Kier alpha value is -3.13. The van der Waals surface area contributed by atoms with Crippen molar-refractivity contribution in [3.63, 3.8) is 0 Å². The molecule has 0 aliphatic rings. The molecule has 2 heterocycles. The van der Waals surface area contributed by atoms with Gasteiger partial charge in [-0.2, -0.15) is 0 Å². The van der Waals surface area contributed by atoms with E-state index in [2.05, 4.69) is 33.1 Å². The van der Waals surface area contributed by atoms with Gasteiger partial charge in [0.25, 0.3) is 0 Å². The lowest BCUT2D eigenvalue weighted by Crippen LogP contribution is -2.25. The van der Waals surface area contributed by atoms with Crippen LogP contribution in [0.2, 0.25) is 0 Å². The number of amides is 1. The molecule has 2 aromatic carbocycles. The molecule has 4 rings (SSSR count). The van der Waals surface area contributed by atoms with Gasteiger partial charge in [0, 0.05) is 11.9 Å². The van der Waals surface area contributed by atoms with Gasteiger partial charge in [-0.05, 0) is 31.5 Å². The molecule has 1 amide bonds. The van der Waals surface area contributed by atoms with Crippen LogP contribution in [-0.4, -0.2) is 38.0 Å². The van der Waals surface area contributed by atoms with Crippen molar-refractivity contribution in [2.75, 3.05) is 12.4 Å². The third-order valence-electron chi connectivity index (χ3n) is 4.95. The lowest BCUT2D eigenvalue weighted by molar-refractivity contribution is -0.115. The van der Waals surface area contributed by atoms with Gasteiger partial charge in [-0.1, -0.05) is 49.0 Å². The van der Waals surface area contributed by atoms with Gasteiger partial charge in [0.15, 0.2) is 5.65 Å². The first kappa shape index (κ1) is 20.2. The summed E-state index contributed by atoms with van der Waals surface area (Å²) in [6.07, 6.45) is 0.629. The van der Waals surface area contributed by atoms with Gasteiger partial charge >= 0.3 is 0 Å². The molecule has 1 atom stereocenters. The third kappa shape index (κ3) is 3.70. The molecule has 0 saturated heterocycles. The SMILES string of the molecule is CCC(Sc1nnc2c3ccccc3n(CC)c2n1)C(=O)Nc1ccccc1OC. The summed E-state index contributed by atoms with van der Waals surface area (Å²) in [6.45, 7) is 4.82. The first-order chi connectivity index (χ1) is 14.7. The van der Waals surface area contributed by atoms with Gasteiger partial charge < -0.3 is 14.6 Å². The van der Waals surface area contributed by atoms with E-state index in [1.165, 1.54) is 11.8 Å². The van der Waals surface area contributed by atoms with Crippen LogP contribution in [0.4, 0.5) is 5.69 Å². The Labute approximate surface area is 178 Å². The van der Waals surface area contributed by atoms with E-state index in [1.807, 2.05) is 49.4 Å². The van der Waals surface area contributed by atoms with Crippen LogP contribution in [0.1, 0.15) is 20.3 Å². The number of fused-ring (bicyclic) bond motifs is 3. The predicted octanol–water partition coefficient (Wildman–Crippen LogP) is 4.52. The van der Waals surface area contributed by atoms with Gasteiger partial charge in [0.1, 0.15) is 11.3 Å². The number of anilines is 1. The summed E-state index contributed by atoms with van der Waals surface area (Å²) in [7, 11) is 1.58. The molecule has 30 heavy (non-hydrogen) atoms. The number of aryl methyl sites for hydroxylation is 1. The first-order valence-corrected chi connectivity index (χ1v) is 10.8. The van der Waals surface area contributed by atoms with Gasteiger partial charge in [-0.15, -0.1) is 10.2 Å². The van der Waals surface area contributed by atoms with Gasteiger partial charge in [0.05, 0.1) is 23.6 Å². The number of benzene rings is 2. The highest BCUT2D eigenvalue weighted by molar-refractivity contribution is 8.00. The summed E-state index contributed by atoms with van der Waals surface area (Å²) in [5.41, 5.74) is 3.30. The largest absolute Gasteiger partial charge is 0.495 e. The summed E-state index contributed by atoms with van der Waals surface area (Å²) >= 11 is 1.32. The van der Waals surface area contributed by atoms with Crippen LogP contribution in [0.5, 0.6) is 5.75 Å². The number of nitrogens with zero attached hydrogens (tertiary/aromatic N) is 4. The van der Waals surface area contributed by atoms with Crippen LogP contribution < -0.4 is 10.1 Å². The zero-order valence-corrected chi connectivity index (χ0v) is 17.9. The summed E-state index contributed by atoms with van der Waals surface area (Å²) in [4.78, 5) is 17.6. The summed E-state index contributed by atoms with van der Waals surface area (Å²) < 4.78 is 7.45. The lowest BCUT2D eigenvalue weighted by Gasteiger charge is -2.15. The van der Waals surface area contributed by atoms with Gasteiger partial charge in [-0.3, -0.25) is 4.79 Å². The average Bonchev–Trinajstić information content (AvgIpc) is 3.10. The molecule has 2 aromatic heterocycles. The van der Waals surface area contributed by atoms with Gasteiger partial charge in [-0.25, -0.2) is 4.98 Å².